The number of rotatable bonds is 4. The van der Waals surface area contributed by atoms with Gasteiger partial charge in [-0.3, -0.25) is 4.90 Å². The van der Waals surface area contributed by atoms with Gasteiger partial charge >= 0.3 is 6.01 Å². The molecule has 1 aliphatic heterocycles. The molecule has 3 heterocycles. The summed E-state index contributed by atoms with van der Waals surface area (Å²) < 4.78 is 17.6. The Labute approximate surface area is 126 Å². The molecule has 3 aromatic rings. The Morgan fingerprint density at radius 3 is 3.00 bits per heavy atom. The van der Waals surface area contributed by atoms with E-state index >= 15 is 0 Å². The van der Waals surface area contributed by atoms with E-state index in [0.717, 1.165) is 48.8 Å². The quantitative estimate of drug-likeness (QED) is 0.733. The fourth-order valence-electron chi connectivity index (χ4n) is 2.55. The first-order valence-electron chi connectivity index (χ1n) is 7.07. The van der Waals surface area contributed by atoms with E-state index in [-0.39, 0.29) is 0 Å². The molecule has 2 aromatic heterocycles. The largest absolute Gasteiger partial charge is 0.462 e. The maximum Gasteiger partial charge on any atom is 0.314 e. The molecule has 0 N–H and O–H groups in total. The molecular formula is C14H16N4O2S. The second kappa shape index (κ2) is 5.59. The zero-order chi connectivity index (χ0) is 14.1. The molecule has 7 heteroatoms. The molecule has 1 saturated heterocycles. The van der Waals surface area contributed by atoms with Gasteiger partial charge in [-0.15, -0.1) is 4.37 Å². The summed E-state index contributed by atoms with van der Waals surface area (Å²) in [6, 6.07) is 8.68. The standard InChI is InChI=1S/C14H16N4O2S/c1-2-4-12-11(3-1)15-14-18(12)13(16-21-14)20-10-7-17-5-8-19-9-6-17/h1-4H,5-10H2. The highest BCUT2D eigenvalue weighted by Crippen LogP contribution is 2.24. The van der Waals surface area contributed by atoms with Crippen molar-refractivity contribution in [3.63, 3.8) is 0 Å². The van der Waals surface area contributed by atoms with E-state index in [1.54, 1.807) is 0 Å². The van der Waals surface area contributed by atoms with Gasteiger partial charge in [0.25, 0.3) is 0 Å². The van der Waals surface area contributed by atoms with Crippen molar-refractivity contribution in [3.05, 3.63) is 24.3 Å². The molecule has 1 aromatic carbocycles. The minimum absolute atomic E-state index is 0.630. The normalized spacial score (nSPS) is 16.8. The highest BCUT2D eigenvalue weighted by molar-refractivity contribution is 7.11. The van der Waals surface area contributed by atoms with Crippen LogP contribution in [0.1, 0.15) is 0 Å². The Morgan fingerprint density at radius 2 is 2.10 bits per heavy atom. The molecule has 110 valence electrons. The molecule has 0 bridgehead atoms. The van der Waals surface area contributed by atoms with Crippen LogP contribution in [0.2, 0.25) is 0 Å². The van der Waals surface area contributed by atoms with E-state index in [1.165, 1.54) is 11.5 Å². The van der Waals surface area contributed by atoms with Crippen molar-refractivity contribution in [1.82, 2.24) is 18.7 Å². The number of hydrogen-bond acceptors (Lipinski definition) is 6. The van der Waals surface area contributed by atoms with Crippen LogP contribution in [0.15, 0.2) is 24.3 Å². The molecular weight excluding hydrogens is 288 g/mol. The first-order valence-corrected chi connectivity index (χ1v) is 7.85. The third-order valence-electron chi connectivity index (χ3n) is 3.67. The number of para-hydroxylation sites is 2. The van der Waals surface area contributed by atoms with Crippen molar-refractivity contribution >= 4 is 27.5 Å². The van der Waals surface area contributed by atoms with Crippen molar-refractivity contribution < 1.29 is 9.47 Å². The van der Waals surface area contributed by atoms with Crippen LogP contribution in [0.25, 0.3) is 16.0 Å². The van der Waals surface area contributed by atoms with Gasteiger partial charge in [0.05, 0.1) is 24.2 Å². The van der Waals surface area contributed by atoms with E-state index in [1.807, 2.05) is 28.7 Å². The van der Waals surface area contributed by atoms with Crippen molar-refractivity contribution in [1.29, 1.82) is 0 Å². The first kappa shape index (κ1) is 13.0. The molecule has 0 radical (unpaired) electrons. The minimum Gasteiger partial charge on any atom is -0.462 e. The molecule has 0 atom stereocenters. The second-order valence-electron chi connectivity index (χ2n) is 4.99. The van der Waals surface area contributed by atoms with Gasteiger partial charge in [-0.05, 0) is 12.1 Å². The van der Waals surface area contributed by atoms with Crippen molar-refractivity contribution in [2.45, 2.75) is 0 Å². The Morgan fingerprint density at radius 1 is 1.24 bits per heavy atom. The van der Waals surface area contributed by atoms with Gasteiger partial charge in [0.2, 0.25) is 4.96 Å². The van der Waals surface area contributed by atoms with Gasteiger partial charge in [0, 0.05) is 31.2 Å². The average Bonchev–Trinajstić information content (AvgIpc) is 3.08. The number of aromatic nitrogens is 3. The van der Waals surface area contributed by atoms with Crippen molar-refractivity contribution in [3.8, 4) is 6.01 Å². The molecule has 21 heavy (non-hydrogen) atoms. The van der Waals surface area contributed by atoms with Crippen LogP contribution >= 0.6 is 11.5 Å². The fourth-order valence-corrected chi connectivity index (χ4v) is 3.24. The summed E-state index contributed by atoms with van der Waals surface area (Å²) in [7, 11) is 0. The summed E-state index contributed by atoms with van der Waals surface area (Å²) in [6.45, 7) is 5.11. The van der Waals surface area contributed by atoms with E-state index in [0.29, 0.717) is 12.6 Å². The van der Waals surface area contributed by atoms with Gasteiger partial charge in [-0.1, -0.05) is 12.1 Å². The monoisotopic (exact) mass is 304 g/mol. The van der Waals surface area contributed by atoms with E-state index in [2.05, 4.69) is 14.3 Å². The lowest BCUT2D eigenvalue weighted by Crippen LogP contribution is -2.38. The highest BCUT2D eigenvalue weighted by Gasteiger charge is 2.14. The number of nitrogens with zero attached hydrogens (tertiary/aromatic N) is 4. The summed E-state index contributed by atoms with van der Waals surface area (Å²) in [4.78, 5) is 7.76. The van der Waals surface area contributed by atoms with Gasteiger partial charge in [-0.25, -0.2) is 9.38 Å². The highest BCUT2D eigenvalue weighted by atomic mass is 32.1. The topological polar surface area (TPSA) is 51.9 Å². The fraction of sp³-hybridized carbons (Fsp3) is 0.429. The van der Waals surface area contributed by atoms with Crippen molar-refractivity contribution in [2.24, 2.45) is 0 Å². The van der Waals surface area contributed by atoms with Crippen LogP contribution in [0.3, 0.4) is 0 Å². The van der Waals surface area contributed by atoms with Crippen LogP contribution in [0, 0.1) is 0 Å². The summed E-state index contributed by atoms with van der Waals surface area (Å²) in [5, 5.41) is 0. The lowest BCUT2D eigenvalue weighted by atomic mass is 10.3. The molecule has 0 spiro atoms. The molecule has 1 aliphatic rings. The third-order valence-corrected chi connectivity index (χ3v) is 4.35. The molecule has 0 aliphatic carbocycles. The Balaban J connectivity index is 1.50. The summed E-state index contributed by atoms with van der Waals surface area (Å²) in [5.74, 6) is 0. The number of ether oxygens (including phenoxy) is 2. The summed E-state index contributed by atoms with van der Waals surface area (Å²) >= 11 is 1.37. The maximum atomic E-state index is 5.87. The number of hydrogen-bond donors (Lipinski definition) is 0. The van der Waals surface area contributed by atoms with Crippen LogP contribution in [0.4, 0.5) is 0 Å². The molecule has 0 unspecified atom stereocenters. The zero-order valence-electron chi connectivity index (χ0n) is 11.6. The Bertz CT molecular complexity index is 748. The van der Waals surface area contributed by atoms with Crippen LogP contribution < -0.4 is 4.74 Å². The molecule has 6 nitrogen and oxygen atoms in total. The summed E-state index contributed by atoms with van der Waals surface area (Å²) in [5.41, 5.74) is 2.02. The SMILES string of the molecule is c1ccc2c(c1)nc1snc(OCCN3CCOCC3)n12. The summed E-state index contributed by atoms with van der Waals surface area (Å²) in [6.07, 6.45) is 0. The number of fused-ring (bicyclic) bond motifs is 3. The van der Waals surface area contributed by atoms with Crippen LogP contribution in [-0.4, -0.2) is 58.1 Å². The number of benzene rings is 1. The lowest BCUT2D eigenvalue weighted by molar-refractivity contribution is 0.0317. The molecule has 0 amide bonds. The van der Waals surface area contributed by atoms with Gasteiger partial charge in [0.1, 0.15) is 6.61 Å². The molecule has 1 fully saturated rings. The number of morpholine rings is 1. The average molecular weight is 304 g/mol. The van der Waals surface area contributed by atoms with Gasteiger partial charge in [0.15, 0.2) is 0 Å². The van der Waals surface area contributed by atoms with Gasteiger partial charge in [-0.2, -0.15) is 0 Å². The van der Waals surface area contributed by atoms with Crippen LogP contribution in [0.5, 0.6) is 6.01 Å². The van der Waals surface area contributed by atoms with E-state index < -0.39 is 0 Å². The number of imidazole rings is 1. The van der Waals surface area contributed by atoms with Crippen LogP contribution in [-0.2, 0) is 4.74 Å². The second-order valence-corrected chi connectivity index (χ2v) is 5.72. The van der Waals surface area contributed by atoms with Gasteiger partial charge < -0.3 is 9.47 Å². The third kappa shape index (κ3) is 2.48. The maximum absolute atomic E-state index is 5.87. The lowest BCUT2D eigenvalue weighted by Gasteiger charge is -2.26. The Kier molecular flexibility index (Phi) is 3.46. The predicted octanol–water partition coefficient (Wildman–Crippen LogP) is 1.65. The predicted molar refractivity (Wildman–Crippen MR) is 81.1 cm³/mol. The molecule has 0 saturated carbocycles. The molecule has 4 rings (SSSR count). The zero-order valence-corrected chi connectivity index (χ0v) is 12.4. The van der Waals surface area contributed by atoms with E-state index in [9.17, 15) is 0 Å². The van der Waals surface area contributed by atoms with E-state index in [4.69, 9.17) is 9.47 Å². The smallest absolute Gasteiger partial charge is 0.314 e. The van der Waals surface area contributed by atoms with Crippen molar-refractivity contribution in [2.75, 3.05) is 39.5 Å². The Hall–Kier alpha value is -1.70. The minimum atomic E-state index is 0.630. The first-order chi connectivity index (χ1) is 10.4.